The lowest BCUT2D eigenvalue weighted by Crippen LogP contribution is -2.45. The van der Waals surface area contributed by atoms with Gasteiger partial charge in [-0.1, -0.05) is 32.3 Å². The first-order valence-corrected chi connectivity index (χ1v) is 11.7. The Morgan fingerprint density at radius 2 is 2.09 bits per heavy atom. The van der Waals surface area contributed by atoms with Crippen molar-refractivity contribution in [2.45, 2.75) is 58.3 Å². The van der Waals surface area contributed by atoms with Gasteiger partial charge < -0.3 is 16.4 Å². The second-order valence-electron chi connectivity index (χ2n) is 9.65. The van der Waals surface area contributed by atoms with Gasteiger partial charge in [-0.15, -0.1) is 0 Å². The lowest BCUT2D eigenvalue weighted by molar-refractivity contribution is -0.124. The molecule has 2 aliphatic carbocycles. The molecular formula is C24H33N5O3. The fourth-order valence-corrected chi connectivity index (χ4v) is 5.78. The van der Waals surface area contributed by atoms with Gasteiger partial charge in [0.2, 0.25) is 11.8 Å². The van der Waals surface area contributed by atoms with Crippen LogP contribution in [0.15, 0.2) is 24.4 Å². The van der Waals surface area contributed by atoms with Crippen molar-refractivity contribution < 1.29 is 14.4 Å². The molecule has 2 fully saturated rings. The minimum atomic E-state index is -0.598. The molecule has 8 nitrogen and oxygen atoms in total. The van der Waals surface area contributed by atoms with E-state index in [1.807, 2.05) is 0 Å². The van der Waals surface area contributed by atoms with Crippen molar-refractivity contribution >= 4 is 23.4 Å². The molecule has 0 aliphatic heterocycles. The number of imidazole rings is 1. The van der Waals surface area contributed by atoms with Crippen LogP contribution in [0.1, 0.15) is 68.1 Å². The van der Waals surface area contributed by atoms with Crippen molar-refractivity contribution in [1.29, 1.82) is 0 Å². The number of nitrogens with one attached hydrogen (secondary N) is 2. The van der Waals surface area contributed by atoms with Gasteiger partial charge in [-0.25, -0.2) is 4.98 Å². The summed E-state index contributed by atoms with van der Waals surface area (Å²) in [5.41, 5.74) is 6.92. The molecule has 2 aromatic rings. The molecule has 0 saturated heterocycles. The van der Waals surface area contributed by atoms with Crippen LogP contribution >= 0.6 is 0 Å². The van der Waals surface area contributed by atoms with Crippen LogP contribution in [0.3, 0.4) is 0 Å². The van der Waals surface area contributed by atoms with E-state index >= 15 is 0 Å². The first kappa shape index (κ1) is 22.3. The molecular weight excluding hydrogens is 406 g/mol. The molecule has 172 valence electrons. The fraction of sp³-hybridized carbons (Fsp3) is 0.583. The van der Waals surface area contributed by atoms with Crippen molar-refractivity contribution in [2.24, 2.45) is 23.0 Å². The van der Waals surface area contributed by atoms with Crippen LogP contribution in [0.4, 0.5) is 0 Å². The third-order valence-corrected chi connectivity index (χ3v) is 7.21. The van der Waals surface area contributed by atoms with E-state index in [2.05, 4.69) is 22.5 Å². The van der Waals surface area contributed by atoms with Gasteiger partial charge in [0.1, 0.15) is 11.3 Å². The molecule has 0 spiro atoms. The highest BCUT2D eigenvalue weighted by atomic mass is 16.2. The van der Waals surface area contributed by atoms with E-state index in [9.17, 15) is 14.4 Å². The van der Waals surface area contributed by atoms with Crippen LogP contribution in [0.5, 0.6) is 0 Å². The Morgan fingerprint density at radius 3 is 2.88 bits per heavy atom. The molecule has 3 amide bonds. The number of hydrogen-bond acceptors (Lipinski definition) is 4. The number of rotatable bonds is 8. The number of nitrogens with two attached hydrogens (primary N) is 1. The Labute approximate surface area is 188 Å². The number of pyridine rings is 1. The Hall–Kier alpha value is -2.90. The van der Waals surface area contributed by atoms with Crippen molar-refractivity contribution in [1.82, 2.24) is 20.0 Å². The van der Waals surface area contributed by atoms with Crippen LogP contribution in [-0.4, -0.2) is 40.2 Å². The Balaban J connectivity index is 1.45. The highest BCUT2D eigenvalue weighted by Gasteiger charge is 2.42. The van der Waals surface area contributed by atoms with Gasteiger partial charge in [-0.3, -0.25) is 18.8 Å². The third kappa shape index (κ3) is 4.95. The average Bonchev–Trinajstić information content (AvgIpc) is 3.18. The number of carbonyl (C=O) groups excluding carboxylic acids is 3. The second-order valence-corrected chi connectivity index (χ2v) is 9.65. The molecule has 3 atom stereocenters. The van der Waals surface area contributed by atoms with Crippen LogP contribution < -0.4 is 16.4 Å². The molecule has 3 unspecified atom stereocenters. The maximum absolute atomic E-state index is 13.1. The number of fused-ring (bicyclic) bond motifs is 3. The van der Waals surface area contributed by atoms with Gasteiger partial charge in [0.25, 0.3) is 5.91 Å². The molecule has 2 heterocycles. The Bertz CT molecular complexity index is 1020. The Morgan fingerprint density at radius 1 is 1.25 bits per heavy atom. The molecule has 4 N–H and O–H groups in total. The van der Waals surface area contributed by atoms with E-state index < -0.39 is 5.91 Å². The molecule has 0 aromatic carbocycles. The highest BCUT2D eigenvalue weighted by molar-refractivity contribution is 5.93. The molecule has 8 heteroatoms. The number of hydrogen-bond donors (Lipinski definition) is 3. The number of nitrogens with zero attached hydrogens (tertiary/aromatic N) is 2. The summed E-state index contributed by atoms with van der Waals surface area (Å²) in [5.74, 6) is 0.519. The summed E-state index contributed by atoms with van der Waals surface area (Å²) < 4.78 is 1.73. The van der Waals surface area contributed by atoms with Crippen molar-refractivity contribution in [3.63, 3.8) is 0 Å². The van der Waals surface area contributed by atoms with E-state index in [0.29, 0.717) is 23.6 Å². The van der Waals surface area contributed by atoms with Crippen LogP contribution in [0, 0.1) is 17.3 Å². The standard InChI is InChI=1S/C24H33N5O3/c1-2-16-9-17-5-4-8-24(11-16,12-17)15-27-23(32)19-6-3-7-21-28-18(14-29(19)21)10-22(31)26-13-20(25)30/h3,6-7,14,16-17H,2,4-5,8-13,15H2,1H3,(H2,25,30)(H,26,31)(H,27,32). The predicted octanol–water partition coefficient (Wildman–Crippen LogP) is 2.20. The zero-order valence-corrected chi connectivity index (χ0v) is 18.7. The van der Waals surface area contributed by atoms with E-state index in [1.165, 1.54) is 44.9 Å². The van der Waals surface area contributed by atoms with Gasteiger partial charge in [0.15, 0.2) is 0 Å². The van der Waals surface area contributed by atoms with Crippen LogP contribution in [-0.2, 0) is 16.0 Å². The summed E-state index contributed by atoms with van der Waals surface area (Å²) in [6.45, 7) is 2.79. The highest BCUT2D eigenvalue weighted by Crippen LogP contribution is 2.51. The molecule has 2 aromatic heterocycles. The normalized spacial score (nSPS) is 24.8. The Kier molecular flexibility index (Phi) is 6.48. The topological polar surface area (TPSA) is 119 Å². The summed E-state index contributed by atoms with van der Waals surface area (Å²) in [7, 11) is 0. The van der Waals surface area contributed by atoms with Crippen LogP contribution in [0.2, 0.25) is 0 Å². The van der Waals surface area contributed by atoms with E-state index in [0.717, 1.165) is 11.8 Å². The summed E-state index contributed by atoms with van der Waals surface area (Å²) in [4.78, 5) is 40.4. The summed E-state index contributed by atoms with van der Waals surface area (Å²) >= 11 is 0. The van der Waals surface area contributed by atoms with Gasteiger partial charge in [-0.05, 0) is 55.1 Å². The summed E-state index contributed by atoms with van der Waals surface area (Å²) in [6, 6.07) is 5.38. The molecule has 0 radical (unpaired) electrons. The second kappa shape index (κ2) is 9.30. The van der Waals surface area contributed by atoms with Crippen LogP contribution in [0.25, 0.3) is 5.65 Å². The zero-order valence-electron chi connectivity index (χ0n) is 18.7. The number of amides is 3. The largest absolute Gasteiger partial charge is 0.368 e. The number of aromatic nitrogens is 2. The first-order valence-electron chi connectivity index (χ1n) is 11.7. The molecule has 2 aliphatic rings. The molecule has 4 rings (SSSR count). The zero-order chi connectivity index (χ0) is 22.7. The fourth-order valence-electron chi connectivity index (χ4n) is 5.78. The van der Waals surface area contributed by atoms with Crippen molar-refractivity contribution in [2.75, 3.05) is 13.1 Å². The minimum absolute atomic E-state index is 0.0128. The van der Waals surface area contributed by atoms with E-state index in [-0.39, 0.29) is 30.2 Å². The van der Waals surface area contributed by atoms with Gasteiger partial charge in [-0.2, -0.15) is 0 Å². The lowest BCUT2D eigenvalue weighted by Gasteiger charge is -2.48. The SMILES string of the molecule is CCC1CC2CCCC(CNC(=O)c3cccc4nc(CC(=O)NCC(N)=O)cn34)(C1)C2. The maximum atomic E-state index is 13.1. The molecule has 2 saturated carbocycles. The van der Waals surface area contributed by atoms with Gasteiger partial charge in [0, 0.05) is 12.7 Å². The first-order chi connectivity index (χ1) is 15.4. The molecule has 32 heavy (non-hydrogen) atoms. The van der Waals surface area contributed by atoms with Gasteiger partial charge in [0.05, 0.1) is 18.7 Å². The minimum Gasteiger partial charge on any atom is -0.368 e. The van der Waals surface area contributed by atoms with Crippen molar-refractivity contribution in [3.8, 4) is 0 Å². The maximum Gasteiger partial charge on any atom is 0.268 e. The van der Waals surface area contributed by atoms with Crippen molar-refractivity contribution in [3.05, 3.63) is 35.8 Å². The lowest BCUT2D eigenvalue weighted by atomic mass is 9.58. The number of primary amides is 1. The summed E-state index contributed by atoms with van der Waals surface area (Å²) in [5, 5.41) is 5.67. The predicted molar refractivity (Wildman–Crippen MR) is 121 cm³/mol. The monoisotopic (exact) mass is 439 g/mol. The van der Waals surface area contributed by atoms with Gasteiger partial charge >= 0.3 is 0 Å². The molecule has 2 bridgehead atoms. The smallest absolute Gasteiger partial charge is 0.268 e. The third-order valence-electron chi connectivity index (χ3n) is 7.21. The average molecular weight is 440 g/mol. The van der Waals surface area contributed by atoms with E-state index in [4.69, 9.17) is 5.73 Å². The summed E-state index contributed by atoms with van der Waals surface area (Å²) in [6.07, 6.45) is 10.5. The van der Waals surface area contributed by atoms with E-state index in [1.54, 1.807) is 28.8 Å². The quantitative estimate of drug-likeness (QED) is 0.584. The number of carbonyl (C=O) groups is 3.